The summed E-state index contributed by atoms with van der Waals surface area (Å²) >= 11 is 0.937. The second-order valence-electron chi connectivity index (χ2n) is 11.7. The highest BCUT2D eigenvalue weighted by molar-refractivity contribution is 7.26. The van der Waals surface area contributed by atoms with Gasteiger partial charge in [0.25, 0.3) is 0 Å². The monoisotopic (exact) mass is 673 g/mol. The highest BCUT2D eigenvalue weighted by atomic mass is 32.1. The molecule has 0 N–H and O–H groups in total. The summed E-state index contributed by atoms with van der Waals surface area (Å²) in [6.45, 7) is -0.575. The van der Waals surface area contributed by atoms with E-state index in [9.17, 15) is 6.85 Å². The molecule has 0 spiro atoms. The summed E-state index contributed by atoms with van der Waals surface area (Å²) in [5, 5.41) is -0.290. The third-order valence-electron chi connectivity index (χ3n) is 8.94. The molecule has 0 unspecified atom stereocenters. The molecule has 4 aromatic heterocycles. The summed E-state index contributed by atoms with van der Waals surface area (Å²) in [6, 6.07) is 7.25. The van der Waals surface area contributed by atoms with Crippen molar-refractivity contribution in [3.8, 4) is 22.6 Å². The molecule has 0 saturated heterocycles. The molecule has 11 aromatic rings. The largest absolute Gasteiger partial charge is 0.452 e. The molecule has 4 nitrogen and oxygen atoms in total. The van der Waals surface area contributed by atoms with Crippen LogP contribution in [0.1, 0.15) is 27.5 Å². The average molecular weight is 674 g/mol. The second kappa shape index (κ2) is 10.6. The summed E-state index contributed by atoms with van der Waals surface area (Å²) in [5.41, 5.74) is 1.90. The SMILES string of the molecule is [2H]c1c([2H])c([2H])c2c(sc3c(-c4nc(-c5ccccc5)c5oc6ccccc6c5n4)c([2H])c([2H])c(Cn4c5c([2H])c([2H])c([2H])c([2H])c5c5c([2H])c([2H])c6c([2H])c([2H])c([2H])c([2H])c6c54)c32)c1[2H]. The standard InChI is InChI=1S/C45H27N3OS/c1-2-13-28(14-3-1)40-43-41(33-17-7-10-20-37(33)49-43)47-45(46-40)35-25-23-29(39-34-18-8-11-21-38(34)50-44(35)39)26-48-36-19-9-6-16-31(36)32-24-22-27-12-4-5-15-30(27)42(32)48/h1-25H,26H2/i4D,5D,6D,8D,9D,11D,12D,15D,16D,18D,19D,21D,22D,23D,24D,25D. The number of thiophene rings is 1. The lowest BCUT2D eigenvalue weighted by molar-refractivity contribution is 0.667. The second-order valence-corrected chi connectivity index (χ2v) is 12.7. The van der Waals surface area contributed by atoms with E-state index in [4.69, 9.17) is 29.5 Å². The van der Waals surface area contributed by atoms with Crippen LogP contribution in [-0.2, 0) is 6.54 Å². The van der Waals surface area contributed by atoms with Crippen molar-refractivity contribution < 1.29 is 26.3 Å². The minimum atomic E-state index is -0.680. The average Bonchev–Trinajstić information content (AvgIpc) is 4.00. The van der Waals surface area contributed by atoms with E-state index < -0.39 is 97.2 Å². The number of aromatic nitrogens is 3. The van der Waals surface area contributed by atoms with Crippen molar-refractivity contribution in [1.82, 2.24) is 14.5 Å². The molecule has 0 atom stereocenters. The van der Waals surface area contributed by atoms with Gasteiger partial charge in [0.2, 0.25) is 0 Å². The van der Waals surface area contributed by atoms with Gasteiger partial charge in [0.15, 0.2) is 11.4 Å². The molecule has 234 valence electrons. The van der Waals surface area contributed by atoms with Crippen LogP contribution in [-0.4, -0.2) is 14.5 Å². The number of fused-ring (bicyclic) bond motifs is 11. The minimum absolute atomic E-state index is 0.00654. The molecular weight excluding hydrogens is 631 g/mol. The molecule has 0 amide bonds. The lowest BCUT2D eigenvalue weighted by Crippen LogP contribution is -2.01. The maximum atomic E-state index is 9.85. The maximum Gasteiger partial charge on any atom is 0.180 e. The molecule has 0 saturated carbocycles. The molecular formula is C45H27N3OS. The number of furan rings is 1. The van der Waals surface area contributed by atoms with Crippen LogP contribution in [0.5, 0.6) is 0 Å². The zero-order chi connectivity index (χ0) is 46.7. The Hall–Kier alpha value is -6.30. The van der Waals surface area contributed by atoms with Gasteiger partial charge >= 0.3 is 0 Å². The molecule has 0 fully saturated rings. The Morgan fingerprint density at radius 1 is 0.660 bits per heavy atom. The van der Waals surface area contributed by atoms with Crippen molar-refractivity contribution in [2.45, 2.75) is 6.54 Å². The zero-order valence-electron chi connectivity index (χ0n) is 41.6. The topological polar surface area (TPSA) is 43.9 Å². The van der Waals surface area contributed by atoms with E-state index in [0.717, 1.165) is 11.3 Å². The Bertz CT molecular complexity index is 4050. The Kier molecular flexibility index (Phi) is 3.48. The molecule has 0 aliphatic rings. The van der Waals surface area contributed by atoms with Crippen LogP contribution < -0.4 is 0 Å². The molecule has 5 heteroatoms. The molecule has 0 bridgehead atoms. The van der Waals surface area contributed by atoms with E-state index in [1.807, 2.05) is 48.5 Å². The van der Waals surface area contributed by atoms with Crippen LogP contribution in [0.15, 0.2) is 156 Å². The predicted molar refractivity (Wildman–Crippen MR) is 209 cm³/mol. The Morgan fingerprint density at radius 2 is 1.44 bits per heavy atom. The van der Waals surface area contributed by atoms with Crippen molar-refractivity contribution in [3.05, 3.63) is 157 Å². The highest BCUT2D eigenvalue weighted by Crippen LogP contribution is 2.44. The predicted octanol–water partition coefficient (Wildman–Crippen LogP) is 12.4. The smallest absolute Gasteiger partial charge is 0.180 e. The molecule has 0 radical (unpaired) electrons. The van der Waals surface area contributed by atoms with Gasteiger partial charge in [0, 0.05) is 64.9 Å². The van der Waals surface area contributed by atoms with Gasteiger partial charge in [-0.25, -0.2) is 9.97 Å². The van der Waals surface area contributed by atoms with Gasteiger partial charge < -0.3 is 8.98 Å². The van der Waals surface area contributed by atoms with E-state index in [2.05, 4.69) is 0 Å². The van der Waals surface area contributed by atoms with E-state index in [0.29, 0.717) is 33.3 Å². The van der Waals surface area contributed by atoms with Crippen LogP contribution in [0, 0.1) is 0 Å². The van der Waals surface area contributed by atoms with Gasteiger partial charge in [0.1, 0.15) is 16.8 Å². The van der Waals surface area contributed by atoms with Gasteiger partial charge in [-0.3, -0.25) is 0 Å². The number of hydrogen-bond donors (Lipinski definition) is 0. The molecule has 0 aliphatic heterocycles. The van der Waals surface area contributed by atoms with Crippen molar-refractivity contribution in [1.29, 1.82) is 0 Å². The first-order valence-corrected chi connectivity index (χ1v) is 16.4. The van der Waals surface area contributed by atoms with Crippen molar-refractivity contribution in [2.24, 2.45) is 0 Å². The Labute approximate surface area is 313 Å². The zero-order valence-corrected chi connectivity index (χ0v) is 26.4. The highest BCUT2D eigenvalue weighted by Gasteiger charge is 2.22. The first kappa shape index (κ1) is 16.4. The van der Waals surface area contributed by atoms with Crippen LogP contribution in [0.4, 0.5) is 0 Å². The van der Waals surface area contributed by atoms with Crippen molar-refractivity contribution in [2.75, 3.05) is 0 Å². The lowest BCUT2D eigenvalue weighted by atomic mass is 10.0. The van der Waals surface area contributed by atoms with Gasteiger partial charge in [-0.2, -0.15) is 0 Å². The molecule has 4 heterocycles. The van der Waals surface area contributed by atoms with E-state index in [-0.39, 0.29) is 75.7 Å². The maximum absolute atomic E-state index is 9.85. The molecule has 7 aromatic carbocycles. The fourth-order valence-electron chi connectivity index (χ4n) is 6.77. The first-order chi connectivity index (χ1) is 31.5. The Balaban J connectivity index is 1.34. The van der Waals surface area contributed by atoms with Gasteiger partial charge in [-0.15, -0.1) is 11.3 Å². The summed E-state index contributed by atoms with van der Waals surface area (Å²) in [7, 11) is 0. The quantitative estimate of drug-likeness (QED) is 0.187. The summed E-state index contributed by atoms with van der Waals surface area (Å²) in [5.74, 6) is -0.0143. The number of para-hydroxylation sites is 2. The van der Waals surface area contributed by atoms with Crippen LogP contribution in [0.25, 0.3) is 97.5 Å². The first-order valence-electron chi connectivity index (χ1n) is 23.6. The van der Waals surface area contributed by atoms with Gasteiger partial charge in [0.05, 0.1) is 27.4 Å². The Morgan fingerprint density at radius 3 is 2.36 bits per heavy atom. The number of hydrogen-bond acceptors (Lipinski definition) is 4. The third-order valence-corrected chi connectivity index (χ3v) is 10.1. The molecule has 11 rings (SSSR count). The fourth-order valence-corrected chi connectivity index (χ4v) is 7.91. The number of rotatable bonds is 4. The van der Waals surface area contributed by atoms with Crippen molar-refractivity contribution >= 4 is 86.2 Å². The van der Waals surface area contributed by atoms with E-state index >= 15 is 0 Å². The summed E-state index contributed by atoms with van der Waals surface area (Å²) in [6.07, 6.45) is 0. The minimum Gasteiger partial charge on any atom is -0.452 e. The molecule has 50 heavy (non-hydrogen) atoms. The fraction of sp³-hybridized carbons (Fsp3) is 0.0222. The summed E-state index contributed by atoms with van der Waals surface area (Å²) < 4.78 is 152. The number of benzene rings is 7. The lowest BCUT2D eigenvalue weighted by Gasteiger charge is -2.13. The van der Waals surface area contributed by atoms with Gasteiger partial charge in [-0.1, -0.05) is 121 Å². The van der Waals surface area contributed by atoms with E-state index in [1.54, 1.807) is 6.07 Å². The third kappa shape index (κ3) is 3.98. The van der Waals surface area contributed by atoms with Crippen LogP contribution in [0.2, 0.25) is 0 Å². The molecule has 0 aliphatic carbocycles. The normalized spacial score (nSPS) is 16.6. The van der Waals surface area contributed by atoms with E-state index in [1.165, 1.54) is 4.57 Å². The number of nitrogens with zero attached hydrogens (tertiary/aromatic N) is 3. The van der Waals surface area contributed by atoms with Crippen LogP contribution in [0.3, 0.4) is 0 Å². The van der Waals surface area contributed by atoms with Gasteiger partial charge in [-0.05, 0) is 41.2 Å². The van der Waals surface area contributed by atoms with Crippen molar-refractivity contribution in [3.63, 3.8) is 0 Å². The van der Waals surface area contributed by atoms with Crippen LogP contribution >= 0.6 is 11.3 Å². The summed E-state index contributed by atoms with van der Waals surface area (Å²) in [4.78, 5) is 9.95.